The van der Waals surface area contributed by atoms with Gasteiger partial charge in [-0.2, -0.15) is 0 Å². The molecule has 0 unspecified atom stereocenters. The van der Waals surface area contributed by atoms with Crippen LogP contribution >= 0.6 is 0 Å². The smallest absolute Gasteiger partial charge is 0.257 e. The molecule has 0 radical (unpaired) electrons. The number of nitrogens with two attached hydrogens (primary N) is 1. The number of hydrogen-bond acceptors (Lipinski definition) is 3. The molecule has 18 heavy (non-hydrogen) atoms. The van der Waals surface area contributed by atoms with Gasteiger partial charge in [0.05, 0.1) is 5.56 Å². The predicted octanol–water partition coefficient (Wildman–Crippen LogP) is 2.31. The van der Waals surface area contributed by atoms with Gasteiger partial charge < -0.3 is 10.6 Å². The first-order valence-corrected chi connectivity index (χ1v) is 6.61. The van der Waals surface area contributed by atoms with Crippen LogP contribution in [0.3, 0.4) is 0 Å². The van der Waals surface area contributed by atoms with Crippen molar-refractivity contribution < 1.29 is 4.79 Å². The first-order valence-electron chi connectivity index (χ1n) is 6.61. The third-order valence-corrected chi connectivity index (χ3v) is 3.26. The van der Waals surface area contributed by atoms with Crippen molar-refractivity contribution in [2.24, 2.45) is 5.92 Å². The number of rotatable bonds is 5. The summed E-state index contributed by atoms with van der Waals surface area (Å²) in [5.74, 6) is 0.965. The Labute approximate surface area is 108 Å². The summed E-state index contributed by atoms with van der Waals surface area (Å²) in [7, 11) is 0. The monoisotopic (exact) mass is 247 g/mol. The van der Waals surface area contributed by atoms with Crippen LogP contribution in [0.1, 0.15) is 43.5 Å². The van der Waals surface area contributed by atoms with E-state index < -0.39 is 0 Å². The lowest BCUT2D eigenvalue weighted by Gasteiger charge is -2.23. The van der Waals surface area contributed by atoms with E-state index in [4.69, 9.17) is 5.73 Å². The summed E-state index contributed by atoms with van der Waals surface area (Å²) in [6.45, 7) is 5.16. The second kappa shape index (κ2) is 5.38. The average Bonchev–Trinajstić information content (AvgIpc) is 3.13. The van der Waals surface area contributed by atoms with Crippen molar-refractivity contribution in [1.29, 1.82) is 0 Å². The van der Waals surface area contributed by atoms with Crippen molar-refractivity contribution in [2.45, 2.75) is 39.2 Å². The molecule has 0 bridgehead atoms. The molecule has 1 fully saturated rings. The summed E-state index contributed by atoms with van der Waals surface area (Å²) >= 11 is 0. The molecule has 0 aromatic carbocycles. The van der Waals surface area contributed by atoms with Crippen LogP contribution in [-0.4, -0.2) is 28.4 Å². The molecule has 1 amide bonds. The Morgan fingerprint density at radius 1 is 1.56 bits per heavy atom. The summed E-state index contributed by atoms with van der Waals surface area (Å²) < 4.78 is 0. The fourth-order valence-corrected chi connectivity index (χ4v) is 1.99. The lowest BCUT2D eigenvalue weighted by molar-refractivity contribution is 0.0736. The van der Waals surface area contributed by atoms with Gasteiger partial charge in [-0.3, -0.25) is 4.79 Å². The van der Waals surface area contributed by atoms with Crippen molar-refractivity contribution in [3.63, 3.8) is 0 Å². The van der Waals surface area contributed by atoms with E-state index in [0.717, 1.165) is 25.8 Å². The van der Waals surface area contributed by atoms with Crippen LogP contribution in [-0.2, 0) is 0 Å². The molecule has 1 aliphatic rings. The van der Waals surface area contributed by atoms with E-state index in [9.17, 15) is 4.79 Å². The molecule has 98 valence electrons. The van der Waals surface area contributed by atoms with E-state index in [1.54, 1.807) is 18.3 Å². The molecule has 4 nitrogen and oxygen atoms in total. The molecule has 1 heterocycles. The minimum absolute atomic E-state index is 0.0313. The number of anilines is 1. The molecule has 0 atom stereocenters. The van der Waals surface area contributed by atoms with Crippen LogP contribution in [0.5, 0.6) is 0 Å². The van der Waals surface area contributed by atoms with Crippen LogP contribution < -0.4 is 5.73 Å². The quantitative estimate of drug-likeness (QED) is 0.868. The lowest BCUT2D eigenvalue weighted by Crippen LogP contribution is -2.35. The van der Waals surface area contributed by atoms with Gasteiger partial charge in [0.2, 0.25) is 0 Å². The number of hydrogen-bond donors (Lipinski definition) is 1. The molecule has 0 spiro atoms. The second-order valence-corrected chi connectivity index (χ2v) is 5.35. The van der Waals surface area contributed by atoms with Crippen LogP contribution in [0, 0.1) is 5.92 Å². The van der Waals surface area contributed by atoms with Crippen LogP contribution in [0.2, 0.25) is 0 Å². The maximum atomic E-state index is 12.5. The Morgan fingerprint density at radius 3 is 2.83 bits per heavy atom. The fraction of sp³-hybridized carbons (Fsp3) is 0.571. The van der Waals surface area contributed by atoms with Gasteiger partial charge in [0.1, 0.15) is 5.82 Å². The summed E-state index contributed by atoms with van der Waals surface area (Å²) in [5, 5.41) is 0. The molecular formula is C14H21N3O. The molecule has 1 saturated carbocycles. The molecular weight excluding hydrogens is 226 g/mol. The highest BCUT2D eigenvalue weighted by molar-refractivity contribution is 5.98. The number of carbonyl (C=O) groups is 1. The van der Waals surface area contributed by atoms with E-state index in [-0.39, 0.29) is 5.91 Å². The van der Waals surface area contributed by atoms with Crippen LogP contribution in [0.4, 0.5) is 5.82 Å². The van der Waals surface area contributed by atoms with Gasteiger partial charge in [0.25, 0.3) is 5.91 Å². The Hall–Kier alpha value is -1.58. The zero-order chi connectivity index (χ0) is 13.1. The van der Waals surface area contributed by atoms with Crippen molar-refractivity contribution in [1.82, 2.24) is 9.88 Å². The average molecular weight is 247 g/mol. The number of pyridine rings is 1. The summed E-state index contributed by atoms with van der Waals surface area (Å²) in [6.07, 6.45) is 4.87. The highest BCUT2D eigenvalue weighted by atomic mass is 16.2. The molecule has 1 aromatic heterocycles. The summed E-state index contributed by atoms with van der Waals surface area (Å²) in [6, 6.07) is 3.93. The third-order valence-electron chi connectivity index (χ3n) is 3.26. The number of carbonyl (C=O) groups excluding carboxylic acids is 1. The van der Waals surface area contributed by atoms with E-state index in [1.165, 1.54) is 0 Å². The minimum Gasteiger partial charge on any atom is -0.383 e. The lowest BCUT2D eigenvalue weighted by atomic mass is 10.1. The summed E-state index contributed by atoms with van der Waals surface area (Å²) in [5.41, 5.74) is 6.31. The first kappa shape index (κ1) is 12.9. The van der Waals surface area contributed by atoms with Gasteiger partial charge in [-0.05, 0) is 37.3 Å². The van der Waals surface area contributed by atoms with Gasteiger partial charge in [0.15, 0.2) is 0 Å². The van der Waals surface area contributed by atoms with Crippen molar-refractivity contribution >= 4 is 11.7 Å². The van der Waals surface area contributed by atoms with Crippen molar-refractivity contribution in [2.75, 3.05) is 12.3 Å². The van der Waals surface area contributed by atoms with Gasteiger partial charge in [-0.15, -0.1) is 0 Å². The number of nitrogen functional groups attached to an aromatic ring is 1. The predicted molar refractivity (Wildman–Crippen MR) is 72.2 cm³/mol. The largest absolute Gasteiger partial charge is 0.383 e. The fourth-order valence-electron chi connectivity index (χ4n) is 1.99. The maximum absolute atomic E-state index is 12.5. The number of nitrogens with zero attached hydrogens (tertiary/aromatic N) is 2. The molecule has 2 N–H and O–H groups in total. The maximum Gasteiger partial charge on any atom is 0.257 e. The van der Waals surface area contributed by atoms with Crippen LogP contribution in [0.15, 0.2) is 18.3 Å². The van der Waals surface area contributed by atoms with E-state index in [0.29, 0.717) is 23.3 Å². The Kier molecular flexibility index (Phi) is 3.84. The molecule has 2 rings (SSSR count). The SMILES string of the molecule is CC(C)CCN(C(=O)c1cccnc1N)C1CC1. The molecule has 4 heteroatoms. The van der Waals surface area contributed by atoms with E-state index in [1.807, 2.05) is 4.90 Å². The van der Waals surface area contributed by atoms with Crippen molar-refractivity contribution in [3.05, 3.63) is 23.9 Å². The van der Waals surface area contributed by atoms with Gasteiger partial charge in [-0.1, -0.05) is 13.8 Å². The second-order valence-electron chi connectivity index (χ2n) is 5.35. The normalized spacial score (nSPS) is 14.8. The van der Waals surface area contributed by atoms with Gasteiger partial charge in [-0.25, -0.2) is 4.98 Å². The topological polar surface area (TPSA) is 59.2 Å². The first-order chi connectivity index (χ1) is 8.59. The highest BCUT2D eigenvalue weighted by Crippen LogP contribution is 2.29. The van der Waals surface area contributed by atoms with Crippen molar-refractivity contribution in [3.8, 4) is 0 Å². The highest BCUT2D eigenvalue weighted by Gasteiger charge is 2.33. The van der Waals surface area contributed by atoms with Gasteiger partial charge >= 0.3 is 0 Å². The number of amides is 1. The van der Waals surface area contributed by atoms with E-state index in [2.05, 4.69) is 18.8 Å². The molecule has 0 saturated heterocycles. The molecule has 1 aliphatic carbocycles. The Balaban J connectivity index is 2.11. The zero-order valence-electron chi connectivity index (χ0n) is 11.1. The van der Waals surface area contributed by atoms with Crippen LogP contribution in [0.25, 0.3) is 0 Å². The third kappa shape index (κ3) is 3.00. The summed E-state index contributed by atoms with van der Waals surface area (Å²) in [4.78, 5) is 18.4. The zero-order valence-corrected chi connectivity index (χ0v) is 11.1. The van der Waals surface area contributed by atoms with E-state index >= 15 is 0 Å². The van der Waals surface area contributed by atoms with Gasteiger partial charge in [0, 0.05) is 18.8 Å². The minimum atomic E-state index is 0.0313. The molecule has 0 aliphatic heterocycles. The number of aromatic nitrogens is 1. The Bertz CT molecular complexity index is 427. The molecule has 1 aromatic rings. The Morgan fingerprint density at radius 2 is 2.28 bits per heavy atom. The standard InChI is InChI=1S/C14H21N3O/c1-10(2)7-9-17(11-5-6-11)14(18)12-4-3-8-16-13(12)15/h3-4,8,10-11H,5-7,9H2,1-2H3,(H2,15,16).